The molecule has 1 heterocycles. The van der Waals surface area contributed by atoms with Gasteiger partial charge in [-0.05, 0) is 6.92 Å². The lowest BCUT2D eigenvalue weighted by molar-refractivity contribution is -0.161. The molecule has 0 saturated carbocycles. The van der Waals surface area contributed by atoms with Gasteiger partial charge >= 0.3 is 11.9 Å². The van der Waals surface area contributed by atoms with Gasteiger partial charge in [0, 0.05) is 39.6 Å². The number of nitrogens with zero attached hydrogens (tertiary/aromatic N) is 1. The van der Waals surface area contributed by atoms with Crippen LogP contribution in [0, 0.1) is 0 Å². The third-order valence-corrected chi connectivity index (χ3v) is 2.75. The van der Waals surface area contributed by atoms with Crippen molar-refractivity contribution in [3.8, 4) is 0 Å². The predicted octanol–water partition coefficient (Wildman–Crippen LogP) is -0.451. The van der Waals surface area contributed by atoms with Crippen LogP contribution in [0.1, 0.15) is 19.8 Å². The summed E-state index contributed by atoms with van der Waals surface area (Å²) < 4.78 is 9.75. The molecule has 0 aromatic rings. The van der Waals surface area contributed by atoms with Crippen molar-refractivity contribution < 1.29 is 24.2 Å². The first-order valence-electron chi connectivity index (χ1n) is 5.71. The average molecular weight is 245 g/mol. The zero-order chi connectivity index (χ0) is 12.9. The van der Waals surface area contributed by atoms with Gasteiger partial charge in [0.15, 0.2) is 0 Å². The summed E-state index contributed by atoms with van der Waals surface area (Å²) in [6.45, 7) is 2.86. The lowest BCUT2D eigenvalue weighted by Crippen LogP contribution is -2.49. The van der Waals surface area contributed by atoms with Crippen molar-refractivity contribution in [2.75, 3.05) is 33.4 Å². The molecule has 0 aromatic heterocycles. The molecular formula is C11H19NO5. The second-order valence-electron chi connectivity index (χ2n) is 4.22. The van der Waals surface area contributed by atoms with Crippen LogP contribution in [0.4, 0.5) is 0 Å². The van der Waals surface area contributed by atoms with Gasteiger partial charge in [-0.15, -0.1) is 0 Å². The van der Waals surface area contributed by atoms with E-state index in [1.807, 2.05) is 0 Å². The maximum Gasteiger partial charge on any atom is 0.397 e. The number of rotatable bonds is 3. The SMILES string of the molecule is CCOC(=O)C(=O)N(C)CC1(O)CCOCC1. The van der Waals surface area contributed by atoms with E-state index in [9.17, 15) is 14.7 Å². The molecule has 0 aromatic carbocycles. The van der Waals surface area contributed by atoms with Gasteiger partial charge in [-0.3, -0.25) is 4.79 Å². The summed E-state index contributed by atoms with van der Waals surface area (Å²) in [5, 5.41) is 10.2. The molecule has 0 spiro atoms. The number of aliphatic hydroxyl groups is 1. The number of hydrogen-bond donors (Lipinski definition) is 1. The van der Waals surface area contributed by atoms with Crippen LogP contribution >= 0.6 is 0 Å². The number of likely N-dealkylation sites (N-methyl/N-ethyl adjacent to an activating group) is 1. The van der Waals surface area contributed by atoms with E-state index >= 15 is 0 Å². The highest BCUT2D eigenvalue weighted by Gasteiger charge is 2.34. The Morgan fingerprint density at radius 1 is 1.41 bits per heavy atom. The fourth-order valence-corrected chi connectivity index (χ4v) is 1.77. The second-order valence-corrected chi connectivity index (χ2v) is 4.22. The number of hydrogen-bond acceptors (Lipinski definition) is 5. The van der Waals surface area contributed by atoms with Crippen molar-refractivity contribution in [3.63, 3.8) is 0 Å². The average Bonchev–Trinajstić information content (AvgIpc) is 2.28. The Bertz CT molecular complexity index is 286. The Morgan fingerprint density at radius 2 is 2.00 bits per heavy atom. The minimum absolute atomic E-state index is 0.119. The fourth-order valence-electron chi connectivity index (χ4n) is 1.77. The van der Waals surface area contributed by atoms with Crippen molar-refractivity contribution in [1.29, 1.82) is 0 Å². The van der Waals surface area contributed by atoms with Crippen molar-refractivity contribution in [3.05, 3.63) is 0 Å². The van der Waals surface area contributed by atoms with Crippen LogP contribution < -0.4 is 0 Å². The molecule has 6 heteroatoms. The number of carbonyl (C=O) groups excluding carboxylic acids is 2. The van der Waals surface area contributed by atoms with E-state index in [-0.39, 0.29) is 13.2 Å². The predicted molar refractivity (Wildman–Crippen MR) is 59.3 cm³/mol. The summed E-state index contributed by atoms with van der Waals surface area (Å²) in [7, 11) is 1.48. The summed E-state index contributed by atoms with van der Waals surface area (Å²) >= 11 is 0. The van der Waals surface area contributed by atoms with E-state index in [0.717, 1.165) is 0 Å². The van der Waals surface area contributed by atoms with Crippen LogP contribution in [0.25, 0.3) is 0 Å². The van der Waals surface area contributed by atoms with E-state index in [2.05, 4.69) is 4.74 Å². The largest absolute Gasteiger partial charge is 0.459 e. The standard InChI is InChI=1S/C11H19NO5/c1-3-17-10(14)9(13)12(2)8-11(15)4-6-16-7-5-11/h15H,3-8H2,1-2H3. The van der Waals surface area contributed by atoms with Gasteiger partial charge in [0.05, 0.1) is 12.2 Å². The lowest BCUT2D eigenvalue weighted by Gasteiger charge is -2.35. The zero-order valence-electron chi connectivity index (χ0n) is 10.3. The summed E-state index contributed by atoms with van der Waals surface area (Å²) in [5.74, 6) is -1.61. The van der Waals surface area contributed by atoms with Gasteiger partial charge in [-0.1, -0.05) is 0 Å². The molecule has 1 rings (SSSR count). The minimum atomic E-state index is -0.963. The molecule has 1 amide bonds. The first-order chi connectivity index (χ1) is 7.98. The molecule has 6 nitrogen and oxygen atoms in total. The Labute approximate surface area is 100 Å². The van der Waals surface area contributed by atoms with E-state index in [1.165, 1.54) is 11.9 Å². The Morgan fingerprint density at radius 3 is 2.53 bits per heavy atom. The van der Waals surface area contributed by atoms with Gasteiger partial charge in [0.25, 0.3) is 0 Å². The topological polar surface area (TPSA) is 76.1 Å². The molecule has 1 saturated heterocycles. The van der Waals surface area contributed by atoms with Crippen molar-refractivity contribution in [2.45, 2.75) is 25.4 Å². The number of ether oxygens (including phenoxy) is 2. The number of esters is 1. The first-order valence-corrected chi connectivity index (χ1v) is 5.71. The third kappa shape index (κ3) is 3.98. The van der Waals surface area contributed by atoms with Gasteiger partial charge in [0.2, 0.25) is 0 Å². The number of amides is 1. The summed E-state index contributed by atoms with van der Waals surface area (Å²) in [4.78, 5) is 24.0. The van der Waals surface area contributed by atoms with E-state index < -0.39 is 17.5 Å². The van der Waals surface area contributed by atoms with E-state index in [4.69, 9.17) is 4.74 Å². The Hall–Kier alpha value is -1.14. The van der Waals surface area contributed by atoms with Gasteiger partial charge in [-0.25, -0.2) is 4.79 Å². The van der Waals surface area contributed by atoms with Crippen LogP contribution in [-0.4, -0.2) is 60.9 Å². The van der Waals surface area contributed by atoms with Gasteiger partial charge in [-0.2, -0.15) is 0 Å². The number of carbonyl (C=O) groups is 2. The van der Waals surface area contributed by atoms with Gasteiger partial charge < -0.3 is 19.5 Å². The Kier molecular flexibility index (Phi) is 4.89. The molecule has 0 aliphatic carbocycles. The minimum Gasteiger partial charge on any atom is -0.459 e. The highest BCUT2D eigenvalue weighted by Crippen LogP contribution is 2.21. The molecule has 0 unspecified atom stereocenters. The second kappa shape index (κ2) is 5.97. The molecule has 1 N–H and O–H groups in total. The molecule has 1 aliphatic rings. The van der Waals surface area contributed by atoms with Gasteiger partial charge in [0.1, 0.15) is 0 Å². The van der Waals surface area contributed by atoms with Crippen molar-refractivity contribution in [2.24, 2.45) is 0 Å². The summed E-state index contributed by atoms with van der Waals surface area (Å²) in [5.41, 5.74) is -0.963. The first kappa shape index (κ1) is 13.9. The van der Waals surface area contributed by atoms with Crippen LogP contribution in [0.2, 0.25) is 0 Å². The molecule has 1 fully saturated rings. The highest BCUT2D eigenvalue weighted by molar-refractivity contribution is 6.32. The quantitative estimate of drug-likeness (QED) is 0.538. The van der Waals surface area contributed by atoms with E-state index in [0.29, 0.717) is 26.1 Å². The maximum atomic E-state index is 11.6. The summed E-state index contributed by atoms with van der Waals surface area (Å²) in [6.07, 6.45) is 0.931. The van der Waals surface area contributed by atoms with Crippen molar-refractivity contribution >= 4 is 11.9 Å². The molecule has 0 radical (unpaired) electrons. The summed E-state index contributed by atoms with van der Waals surface area (Å²) in [6, 6.07) is 0. The van der Waals surface area contributed by atoms with Crippen LogP contribution in [0.3, 0.4) is 0 Å². The maximum absolute atomic E-state index is 11.6. The Balaban J connectivity index is 2.49. The van der Waals surface area contributed by atoms with Crippen LogP contribution in [-0.2, 0) is 19.1 Å². The molecule has 0 bridgehead atoms. The van der Waals surface area contributed by atoms with Crippen LogP contribution in [0.15, 0.2) is 0 Å². The molecule has 17 heavy (non-hydrogen) atoms. The molecule has 0 atom stereocenters. The molecule has 1 aliphatic heterocycles. The monoisotopic (exact) mass is 245 g/mol. The normalized spacial score (nSPS) is 18.5. The third-order valence-electron chi connectivity index (χ3n) is 2.75. The molecular weight excluding hydrogens is 226 g/mol. The lowest BCUT2D eigenvalue weighted by atomic mass is 9.94. The fraction of sp³-hybridized carbons (Fsp3) is 0.818. The smallest absolute Gasteiger partial charge is 0.397 e. The van der Waals surface area contributed by atoms with Crippen molar-refractivity contribution in [1.82, 2.24) is 4.90 Å². The molecule has 98 valence electrons. The van der Waals surface area contributed by atoms with Crippen LogP contribution in [0.5, 0.6) is 0 Å². The van der Waals surface area contributed by atoms with E-state index in [1.54, 1.807) is 6.92 Å². The zero-order valence-corrected chi connectivity index (χ0v) is 10.3. The highest BCUT2D eigenvalue weighted by atomic mass is 16.5.